The van der Waals surface area contributed by atoms with E-state index in [0.29, 0.717) is 13.1 Å². The average molecular weight is 418 g/mol. The van der Waals surface area contributed by atoms with Crippen LogP contribution in [-0.4, -0.2) is 48.6 Å². The van der Waals surface area contributed by atoms with Gasteiger partial charge in [0, 0.05) is 13.1 Å². The summed E-state index contributed by atoms with van der Waals surface area (Å²) in [6.45, 7) is 1.86. The summed E-state index contributed by atoms with van der Waals surface area (Å²) in [6, 6.07) is 15.9. The first-order valence-electron chi connectivity index (χ1n) is 10.9. The van der Waals surface area contributed by atoms with Gasteiger partial charge in [-0.2, -0.15) is 0 Å². The van der Waals surface area contributed by atoms with Crippen LogP contribution in [0.15, 0.2) is 54.6 Å². The number of carbonyl (C=O) groups excluding carboxylic acids is 2. The highest BCUT2D eigenvalue weighted by Gasteiger charge is 2.54. The van der Waals surface area contributed by atoms with Crippen molar-refractivity contribution in [2.45, 2.75) is 31.2 Å². The Morgan fingerprint density at radius 1 is 1.10 bits per heavy atom. The van der Waals surface area contributed by atoms with E-state index in [1.807, 2.05) is 36.4 Å². The van der Waals surface area contributed by atoms with Crippen LogP contribution in [0.3, 0.4) is 0 Å². The van der Waals surface area contributed by atoms with Crippen molar-refractivity contribution in [1.82, 2.24) is 15.1 Å². The van der Waals surface area contributed by atoms with Crippen molar-refractivity contribution in [3.63, 3.8) is 0 Å². The van der Waals surface area contributed by atoms with Crippen LogP contribution in [-0.2, 0) is 16.8 Å². The van der Waals surface area contributed by atoms with E-state index in [4.69, 9.17) is 4.74 Å². The molecule has 3 aliphatic rings. The molecule has 1 fully saturated rings. The molecule has 2 heterocycles. The first-order valence-corrected chi connectivity index (χ1v) is 10.9. The van der Waals surface area contributed by atoms with Gasteiger partial charge >= 0.3 is 6.03 Å². The molecule has 3 amide bonds. The summed E-state index contributed by atoms with van der Waals surface area (Å²) in [4.78, 5) is 30.0. The Balaban J connectivity index is 1.34. The van der Waals surface area contributed by atoms with Crippen molar-refractivity contribution in [2.24, 2.45) is 0 Å². The number of benzene rings is 2. The third-order valence-electron chi connectivity index (χ3n) is 6.73. The molecule has 0 aromatic heterocycles. The van der Waals surface area contributed by atoms with Crippen LogP contribution in [0.5, 0.6) is 5.75 Å². The fraction of sp³-hybridized carbons (Fsp3) is 0.360. The Labute approximate surface area is 182 Å². The van der Waals surface area contributed by atoms with Crippen molar-refractivity contribution in [2.75, 3.05) is 26.9 Å². The van der Waals surface area contributed by atoms with Gasteiger partial charge in [0.25, 0.3) is 5.91 Å². The first-order chi connectivity index (χ1) is 15.1. The summed E-state index contributed by atoms with van der Waals surface area (Å²) in [7, 11) is 1.64. The van der Waals surface area contributed by atoms with E-state index in [2.05, 4.69) is 28.4 Å². The summed E-state index contributed by atoms with van der Waals surface area (Å²) in [5.41, 5.74) is 3.60. The molecule has 160 valence electrons. The van der Waals surface area contributed by atoms with Crippen LogP contribution in [0.2, 0.25) is 0 Å². The monoisotopic (exact) mass is 417 g/mol. The van der Waals surface area contributed by atoms with Gasteiger partial charge in [-0.15, -0.1) is 0 Å². The molecule has 2 aromatic rings. The van der Waals surface area contributed by atoms with Gasteiger partial charge in [-0.25, -0.2) is 9.69 Å². The maximum absolute atomic E-state index is 13.5. The maximum atomic E-state index is 13.5. The highest BCUT2D eigenvalue weighted by molar-refractivity contribution is 6.07. The number of urea groups is 1. The number of methoxy groups -OCH3 is 1. The highest BCUT2D eigenvalue weighted by Crippen LogP contribution is 2.41. The fourth-order valence-corrected chi connectivity index (χ4v) is 5.06. The lowest BCUT2D eigenvalue weighted by atomic mass is 9.76. The van der Waals surface area contributed by atoms with Crippen LogP contribution in [0.4, 0.5) is 4.79 Å². The Hall–Kier alpha value is -3.12. The van der Waals surface area contributed by atoms with E-state index in [-0.39, 0.29) is 11.9 Å². The zero-order valence-electron chi connectivity index (χ0n) is 17.8. The minimum Gasteiger partial charge on any atom is -0.497 e. The molecule has 1 aliphatic carbocycles. The summed E-state index contributed by atoms with van der Waals surface area (Å²) in [5.74, 6) is 0.639. The second-order valence-corrected chi connectivity index (χ2v) is 8.51. The molecule has 1 saturated heterocycles. The van der Waals surface area contributed by atoms with Gasteiger partial charge in [0.1, 0.15) is 11.3 Å². The lowest BCUT2D eigenvalue weighted by molar-refractivity contribution is -0.133. The molecule has 5 rings (SSSR count). The van der Waals surface area contributed by atoms with Crippen molar-refractivity contribution in [3.05, 3.63) is 71.3 Å². The van der Waals surface area contributed by atoms with Gasteiger partial charge in [0.2, 0.25) is 0 Å². The van der Waals surface area contributed by atoms with Crippen LogP contribution in [0, 0.1) is 0 Å². The number of hydrogen-bond acceptors (Lipinski definition) is 4. The van der Waals surface area contributed by atoms with E-state index in [9.17, 15) is 9.59 Å². The van der Waals surface area contributed by atoms with Crippen LogP contribution >= 0.6 is 0 Å². The number of aryl methyl sites for hydroxylation is 1. The predicted molar refractivity (Wildman–Crippen MR) is 118 cm³/mol. The molecule has 6 heteroatoms. The smallest absolute Gasteiger partial charge is 0.326 e. The highest BCUT2D eigenvalue weighted by atomic mass is 16.5. The molecular weight excluding hydrogens is 390 g/mol. The Morgan fingerprint density at radius 3 is 2.68 bits per heavy atom. The predicted octanol–water partition coefficient (Wildman–Crippen LogP) is 3.53. The topological polar surface area (TPSA) is 61.9 Å². The van der Waals surface area contributed by atoms with E-state index < -0.39 is 5.54 Å². The SMILES string of the molecule is COc1ccc2c(c1)CCC[C@@]21NC(=O)N(CN2CC=C(c3ccccc3)CC2)C1=O. The second kappa shape index (κ2) is 7.85. The Bertz CT molecular complexity index is 1050. The normalized spacial score (nSPS) is 23.5. The third-order valence-corrected chi connectivity index (χ3v) is 6.73. The van der Waals surface area contributed by atoms with Crippen molar-refractivity contribution in [3.8, 4) is 5.75 Å². The van der Waals surface area contributed by atoms with Gasteiger partial charge in [0.05, 0.1) is 13.8 Å². The molecular formula is C25H27N3O3. The van der Waals surface area contributed by atoms with Gasteiger partial charge in [-0.1, -0.05) is 42.5 Å². The van der Waals surface area contributed by atoms with Crippen molar-refractivity contribution < 1.29 is 14.3 Å². The van der Waals surface area contributed by atoms with E-state index in [1.54, 1.807) is 7.11 Å². The Morgan fingerprint density at radius 2 is 1.94 bits per heavy atom. The van der Waals surface area contributed by atoms with Crippen molar-refractivity contribution in [1.29, 1.82) is 0 Å². The lowest BCUT2D eigenvalue weighted by Gasteiger charge is -2.34. The minimum absolute atomic E-state index is 0.138. The number of ether oxygens (including phenoxy) is 1. The standard InChI is InChI=1S/C25H27N3O3/c1-31-21-9-10-22-20(16-21)8-5-13-25(22)23(29)28(24(30)26-25)17-27-14-11-19(12-15-27)18-6-3-2-4-7-18/h2-4,6-7,9-11,16H,5,8,12-15,17H2,1H3,(H,26,30)/t25-/m1/s1. The summed E-state index contributed by atoms with van der Waals surface area (Å²) in [5, 5.41) is 3.04. The Kier molecular flexibility index (Phi) is 5.02. The summed E-state index contributed by atoms with van der Waals surface area (Å²) in [6.07, 6.45) is 5.48. The number of nitrogens with zero attached hydrogens (tertiary/aromatic N) is 2. The van der Waals surface area contributed by atoms with Gasteiger partial charge in [-0.05, 0) is 60.1 Å². The number of fused-ring (bicyclic) bond motifs is 2. The number of amides is 3. The molecule has 2 aliphatic heterocycles. The van der Waals surface area contributed by atoms with Gasteiger partial charge in [0.15, 0.2) is 0 Å². The van der Waals surface area contributed by atoms with Gasteiger partial charge < -0.3 is 10.1 Å². The zero-order chi connectivity index (χ0) is 21.4. The molecule has 1 spiro atoms. The summed E-state index contributed by atoms with van der Waals surface area (Å²) < 4.78 is 5.35. The molecule has 31 heavy (non-hydrogen) atoms. The fourth-order valence-electron chi connectivity index (χ4n) is 5.06. The number of nitrogens with one attached hydrogen (secondary N) is 1. The number of hydrogen-bond donors (Lipinski definition) is 1. The largest absolute Gasteiger partial charge is 0.497 e. The molecule has 1 atom stereocenters. The lowest BCUT2D eigenvalue weighted by Crippen LogP contribution is -2.47. The zero-order valence-corrected chi connectivity index (χ0v) is 17.8. The molecule has 0 unspecified atom stereocenters. The maximum Gasteiger partial charge on any atom is 0.326 e. The molecule has 0 saturated carbocycles. The summed E-state index contributed by atoms with van der Waals surface area (Å²) >= 11 is 0. The van der Waals surface area contributed by atoms with Gasteiger partial charge in [-0.3, -0.25) is 9.69 Å². The number of carbonyl (C=O) groups is 2. The average Bonchev–Trinajstić information content (AvgIpc) is 3.04. The van der Waals surface area contributed by atoms with Crippen LogP contribution < -0.4 is 10.1 Å². The number of imide groups is 1. The minimum atomic E-state index is -0.947. The van der Waals surface area contributed by atoms with E-state index in [1.165, 1.54) is 16.0 Å². The molecule has 0 radical (unpaired) electrons. The first kappa shape index (κ1) is 19.8. The number of rotatable bonds is 4. The van der Waals surface area contributed by atoms with E-state index in [0.717, 1.165) is 49.2 Å². The van der Waals surface area contributed by atoms with E-state index >= 15 is 0 Å². The molecule has 1 N–H and O–H groups in total. The third kappa shape index (κ3) is 3.41. The second-order valence-electron chi connectivity index (χ2n) is 8.51. The van der Waals surface area contributed by atoms with Crippen LogP contribution in [0.1, 0.15) is 36.0 Å². The molecule has 2 aromatic carbocycles. The van der Waals surface area contributed by atoms with Crippen LogP contribution in [0.25, 0.3) is 5.57 Å². The quantitative estimate of drug-likeness (QED) is 0.774. The molecule has 0 bridgehead atoms. The van der Waals surface area contributed by atoms with Crippen molar-refractivity contribution >= 4 is 17.5 Å². The molecule has 6 nitrogen and oxygen atoms in total.